The molecule has 0 spiro atoms. The third kappa shape index (κ3) is 5.48. The number of carbonyl (C=O) groups excluding carboxylic acids is 1. The molecule has 4 nitrogen and oxygen atoms in total. The molecule has 1 amide bonds. The Morgan fingerprint density at radius 3 is 2.70 bits per heavy atom. The van der Waals surface area contributed by atoms with Crippen LogP contribution in [0.4, 0.5) is 5.69 Å². The Bertz CT molecular complexity index is 679. The zero-order valence-corrected chi connectivity index (χ0v) is 15.4. The molecule has 0 radical (unpaired) electrons. The second kappa shape index (κ2) is 8.84. The van der Waals surface area contributed by atoms with Gasteiger partial charge in [0.15, 0.2) is 0 Å². The molecule has 0 aliphatic heterocycles. The lowest BCUT2D eigenvalue weighted by Gasteiger charge is -2.11. The van der Waals surface area contributed by atoms with Crippen LogP contribution in [0.25, 0.3) is 0 Å². The molecule has 0 saturated heterocycles. The van der Waals surface area contributed by atoms with Crippen LogP contribution < -0.4 is 14.8 Å². The highest BCUT2D eigenvalue weighted by molar-refractivity contribution is 9.10. The molecule has 0 heterocycles. The van der Waals surface area contributed by atoms with E-state index in [2.05, 4.69) is 27.3 Å². The molecule has 6 heteroatoms. The fourth-order valence-electron chi connectivity index (χ4n) is 1.99. The largest absolute Gasteiger partial charge is 0.497 e. The highest BCUT2D eigenvalue weighted by Gasteiger charge is 2.09. The second-order valence-corrected chi connectivity index (χ2v) is 6.64. The second-order valence-electron chi connectivity index (χ2n) is 4.74. The minimum atomic E-state index is -0.0726. The van der Waals surface area contributed by atoms with Crippen LogP contribution in [0.2, 0.25) is 0 Å². The molecule has 2 aromatic carbocycles. The minimum absolute atomic E-state index is 0.0726. The van der Waals surface area contributed by atoms with Crippen LogP contribution in [0.5, 0.6) is 11.5 Å². The Hall–Kier alpha value is -1.66. The van der Waals surface area contributed by atoms with Gasteiger partial charge in [-0.05, 0) is 29.8 Å². The summed E-state index contributed by atoms with van der Waals surface area (Å²) >= 11 is 5.00. The third-order valence-corrected chi connectivity index (χ3v) is 4.57. The number of anilines is 1. The van der Waals surface area contributed by atoms with Crippen molar-refractivity contribution in [2.24, 2.45) is 0 Å². The van der Waals surface area contributed by atoms with Crippen molar-refractivity contribution in [3.05, 3.63) is 52.5 Å². The smallest absolute Gasteiger partial charge is 0.234 e. The summed E-state index contributed by atoms with van der Waals surface area (Å²) in [5.41, 5.74) is 1.79. The van der Waals surface area contributed by atoms with E-state index < -0.39 is 0 Å². The quantitative estimate of drug-likeness (QED) is 0.757. The standard InChI is InChI=1S/C17H18BrNO3S/c1-21-14-6-7-16(22-2)15(9-14)19-17(20)11-23-10-12-4-3-5-13(18)8-12/h3-9H,10-11H2,1-2H3,(H,19,20). The molecule has 0 fully saturated rings. The number of benzene rings is 2. The first kappa shape index (κ1) is 17.7. The molecule has 2 rings (SSSR count). The number of carbonyl (C=O) groups is 1. The van der Waals surface area contributed by atoms with Gasteiger partial charge < -0.3 is 14.8 Å². The summed E-state index contributed by atoms with van der Waals surface area (Å²) in [5, 5.41) is 2.86. The summed E-state index contributed by atoms with van der Waals surface area (Å²) in [4.78, 5) is 12.1. The van der Waals surface area contributed by atoms with E-state index in [4.69, 9.17) is 9.47 Å². The Morgan fingerprint density at radius 1 is 1.17 bits per heavy atom. The molecule has 0 saturated carbocycles. The topological polar surface area (TPSA) is 47.6 Å². The van der Waals surface area contributed by atoms with Gasteiger partial charge in [0.1, 0.15) is 11.5 Å². The van der Waals surface area contributed by atoms with Crippen LogP contribution in [0, 0.1) is 0 Å². The normalized spacial score (nSPS) is 10.2. The van der Waals surface area contributed by atoms with Gasteiger partial charge in [0.05, 0.1) is 25.7 Å². The molecule has 0 unspecified atom stereocenters. The number of thioether (sulfide) groups is 1. The predicted molar refractivity (Wildman–Crippen MR) is 98.5 cm³/mol. The van der Waals surface area contributed by atoms with Crippen LogP contribution in [-0.2, 0) is 10.5 Å². The molecule has 2 aromatic rings. The number of ether oxygens (including phenoxy) is 2. The van der Waals surface area contributed by atoms with Crippen LogP contribution in [-0.4, -0.2) is 25.9 Å². The van der Waals surface area contributed by atoms with Gasteiger partial charge in [-0.15, -0.1) is 11.8 Å². The maximum atomic E-state index is 12.1. The van der Waals surface area contributed by atoms with Crippen molar-refractivity contribution in [1.82, 2.24) is 0 Å². The maximum Gasteiger partial charge on any atom is 0.234 e. The van der Waals surface area contributed by atoms with Crippen molar-refractivity contribution in [1.29, 1.82) is 0 Å². The lowest BCUT2D eigenvalue weighted by Crippen LogP contribution is -2.15. The first-order valence-electron chi connectivity index (χ1n) is 6.96. The molecule has 122 valence electrons. The summed E-state index contributed by atoms with van der Waals surface area (Å²) in [6.45, 7) is 0. The number of amides is 1. The van der Waals surface area contributed by atoms with Gasteiger partial charge in [-0.1, -0.05) is 28.1 Å². The SMILES string of the molecule is COc1ccc(OC)c(NC(=O)CSCc2cccc(Br)c2)c1. The number of hydrogen-bond acceptors (Lipinski definition) is 4. The number of halogens is 1. The fraction of sp³-hybridized carbons (Fsp3) is 0.235. The summed E-state index contributed by atoms with van der Waals surface area (Å²) in [6, 6.07) is 13.4. The van der Waals surface area contributed by atoms with Gasteiger partial charge in [-0.2, -0.15) is 0 Å². The molecule has 23 heavy (non-hydrogen) atoms. The Balaban J connectivity index is 1.89. The summed E-state index contributed by atoms with van der Waals surface area (Å²) in [5.74, 6) is 2.35. The van der Waals surface area contributed by atoms with E-state index in [9.17, 15) is 4.79 Å². The third-order valence-electron chi connectivity index (χ3n) is 3.07. The molecule has 0 aliphatic rings. The van der Waals surface area contributed by atoms with Crippen molar-refractivity contribution in [2.75, 3.05) is 25.3 Å². The highest BCUT2D eigenvalue weighted by atomic mass is 79.9. The molecular weight excluding hydrogens is 378 g/mol. The van der Waals surface area contributed by atoms with E-state index in [0.717, 1.165) is 10.2 Å². The highest BCUT2D eigenvalue weighted by Crippen LogP contribution is 2.29. The first-order chi connectivity index (χ1) is 11.1. The molecular formula is C17H18BrNO3S. The minimum Gasteiger partial charge on any atom is -0.497 e. The lowest BCUT2D eigenvalue weighted by molar-refractivity contribution is -0.113. The van der Waals surface area contributed by atoms with Gasteiger partial charge in [-0.25, -0.2) is 0 Å². The Morgan fingerprint density at radius 2 is 2.00 bits per heavy atom. The van der Waals surface area contributed by atoms with Gasteiger partial charge in [0.25, 0.3) is 0 Å². The van der Waals surface area contributed by atoms with E-state index in [0.29, 0.717) is 22.9 Å². The first-order valence-corrected chi connectivity index (χ1v) is 8.91. The molecule has 1 N–H and O–H groups in total. The predicted octanol–water partition coefficient (Wildman–Crippen LogP) is 4.34. The van der Waals surface area contributed by atoms with Gasteiger partial charge in [0.2, 0.25) is 5.91 Å². The summed E-state index contributed by atoms with van der Waals surface area (Å²) in [7, 11) is 3.15. The van der Waals surface area contributed by atoms with Crippen molar-refractivity contribution >= 4 is 39.3 Å². The van der Waals surface area contributed by atoms with Crippen molar-refractivity contribution in [2.45, 2.75) is 5.75 Å². The van der Waals surface area contributed by atoms with Gasteiger partial charge >= 0.3 is 0 Å². The van der Waals surface area contributed by atoms with Crippen LogP contribution in [0.15, 0.2) is 46.9 Å². The number of rotatable bonds is 7. The maximum absolute atomic E-state index is 12.1. The molecule has 0 aliphatic carbocycles. The average Bonchev–Trinajstić information content (AvgIpc) is 2.55. The monoisotopic (exact) mass is 395 g/mol. The van der Waals surface area contributed by atoms with E-state index in [1.165, 1.54) is 5.56 Å². The number of methoxy groups -OCH3 is 2. The number of nitrogens with one attached hydrogen (secondary N) is 1. The van der Waals surface area contributed by atoms with E-state index in [1.807, 2.05) is 18.2 Å². The zero-order valence-electron chi connectivity index (χ0n) is 13.0. The van der Waals surface area contributed by atoms with E-state index in [-0.39, 0.29) is 5.91 Å². The Labute approximate surface area is 148 Å². The van der Waals surface area contributed by atoms with Crippen molar-refractivity contribution in [3.63, 3.8) is 0 Å². The van der Waals surface area contributed by atoms with Crippen molar-refractivity contribution in [3.8, 4) is 11.5 Å². The van der Waals surface area contributed by atoms with Crippen LogP contribution in [0.3, 0.4) is 0 Å². The van der Waals surface area contributed by atoms with Crippen LogP contribution >= 0.6 is 27.7 Å². The lowest BCUT2D eigenvalue weighted by atomic mass is 10.2. The average molecular weight is 396 g/mol. The Kier molecular flexibility index (Phi) is 6.80. The summed E-state index contributed by atoms with van der Waals surface area (Å²) < 4.78 is 11.5. The zero-order chi connectivity index (χ0) is 16.7. The summed E-state index contributed by atoms with van der Waals surface area (Å²) in [6.07, 6.45) is 0. The van der Waals surface area contributed by atoms with E-state index >= 15 is 0 Å². The molecule has 0 bridgehead atoms. The fourth-order valence-corrected chi connectivity index (χ4v) is 3.21. The molecule has 0 aromatic heterocycles. The van der Waals surface area contributed by atoms with Crippen LogP contribution in [0.1, 0.15) is 5.56 Å². The van der Waals surface area contributed by atoms with Crippen molar-refractivity contribution < 1.29 is 14.3 Å². The van der Waals surface area contributed by atoms with Gasteiger partial charge in [0, 0.05) is 16.3 Å². The van der Waals surface area contributed by atoms with Gasteiger partial charge in [-0.3, -0.25) is 4.79 Å². The van der Waals surface area contributed by atoms with E-state index in [1.54, 1.807) is 44.2 Å². The molecule has 0 atom stereocenters. The number of hydrogen-bond donors (Lipinski definition) is 1.